The van der Waals surface area contributed by atoms with Gasteiger partial charge in [0.05, 0.1) is 31.8 Å². The van der Waals surface area contributed by atoms with E-state index in [0.717, 1.165) is 22.1 Å². The SMILES string of the molecule is C.CC(C)(C)OC(=O)CCC(=O)N1CCN(c2c(F)cc(N3C[C@H](CCC(=O)C(F)F)OC3=O)cc2F)CCO1. The van der Waals surface area contributed by atoms with Gasteiger partial charge in [0.25, 0.3) is 6.43 Å². The number of halogens is 4. The van der Waals surface area contributed by atoms with Crippen molar-refractivity contribution in [1.29, 1.82) is 0 Å². The quantitative estimate of drug-likeness (QED) is 0.317. The Labute approximate surface area is 230 Å². The number of anilines is 2. The van der Waals surface area contributed by atoms with Crippen molar-refractivity contribution in [2.45, 2.75) is 72.0 Å². The molecule has 0 radical (unpaired) electrons. The number of Topliss-reactive ketones (excluding diaryl/α,β-unsaturated/α-hetero) is 1. The molecule has 40 heavy (non-hydrogen) atoms. The highest BCUT2D eigenvalue weighted by atomic mass is 19.3. The van der Waals surface area contributed by atoms with Crippen LogP contribution in [0, 0.1) is 11.6 Å². The molecule has 1 aromatic carbocycles. The van der Waals surface area contributed by atoms with Crippen LogP contribution in [0.4, 0.5) is 33.7 Å². The van der Waals surface area contributed by atoms with Gasteiger partial charge in [0.1, 0.15) is 17.4 Å². The lowest BCUT2D eigenvalue weighted by molar-refractivity contribution is -0.183. The van der Waals surface area contributed by atoms with Gasteiger partial charge in [-0.15, -0.1) is 0 Å². The Morgan fingerprint density at radius 1 is 1.05 bits per heavy atom. The lowest BCUT2D eigenvalue weighted by atomic mass is 10.1. The molecule has 0 unspecified atom stereocenters. The number of hydrogen-bond acceptors (Lipinski definition) is 8. The molecule has 0 saturated carbocycles. The lowest BCUT2D eigenvalue weighted by Crippen LogP contribution is -2.35. The molecule has 1 atom stereocenters. The van der Waals surface area contributed by atoms with Crippen LogP contribution < -0.4 is 9.80 Å². The van der Waals surface area contributed by atoms with Crippen molar-refractivity contribution in [2.75, 3.05) is 42.6 Å². The molecule has 0 N–H and O–H groups in total. The molecule has 10 nitrogen and oxygen atoms in total. The number of hydrogen-bond donors (Lipinski definition) is 0. The van der Waals surface area contributed by atoms with Crippen LogP contribution in [0.5, 0.6) is 0 Å². The zero-order chi connectivity index (χ0) is 28.9. The summed E-state index contributed by atoms with van der Waals surface area (Å²) in [7, 11) is 0. The Morgan fingerprint density at radius 3 is 2.30 bits per heavy atom. The first-order chi connectivity index (χ1) is 18.2. The minimum atomic E-state index is -3.12. The maximum atomic E-state index is 15.1. The molecule has 1 aromatic rings. The first-order valence-electron chi connectivity index (χ1n) is 12.4. The summed E-state index contributed by atoms with van der Waals surface area (Å²) in [5.41, 5.74) is -1.19. The second kappa shape index (κ2) is 13.8. The summed E-state index contributed by atoms with van der Waals surface area (Å²) >= 11 is 0. The number of esters is 1. The van der Waals surface area contributed by atoms with Crippen LogP contribution in [0.25, 0.3) is 0 Å². The minimum Gasteiger partial charge on any atom is -0.460 e. The Bertz CT molecular complexity index is 1070. The van der Waals surface area contributed by atoms with Gasteiger partial charge in [-0.2, -0.15) is 0 Å². The van der Waals surface area contributed by atoms with Crippen molar-refractivity contribution in [3.63, 3.8) is 0 Å². The number of alkyl halides is 2. The fraction of sp³-hybridized carbons (Fsp3) is 0.615. The van der Waals surface area contributed by atoms with Gasteiger partial charge in [0.2, 0.25) is 5.91 Å². The largest absolute Gasteiger partial charge is 0.460 e. The number of carbonyl (C=O) groups is 4. The number of hydroxylamine groups is 2. The molecule has 2 fully saturated rings. The second-order valence-electron chi connectivity index (χ2n) is 10.1. The number of ether oxygens (including phenoxy) is 2. The normalized spacial score (nSPS) is 17.9. The molecule has 0 aromatic heterocycles. The highest BCUT2D eigenvalue weighted by molar-refractivity contribution is 5.90. The monoisotopic (exact) mass is 577 g/mol. The summed E-state index contributed by atoms with van der Waals surface area (Å²) in [4.78, 5) is 55.5. The smallest absolute Gasteiger partial charge is 0.414 e. The summed E-state index contributed by atoms with van der Waals surface area (Å²) in [5, 5.41) is 1.05. The van der Waals surface area contributed by atoms with Gasteiger partial charge in [0.15, 0.2) is 17.4 Å². The predicted octanol–water partition coefficient (Wildman–Crippen LogP) is 4.24. The van der Waals surface area contributed by atoms with Crippen molar-refractivity contribution in [3.05, 3.63) is 23.8 Å². The van der Waals surface area contributed by atoms with Gasteiger partial charge in [-0.05, 0) is 27.2 Å². The van der Waals surface area contributed by atoms with Gasteiger partial charge < -0.3 is 14.4 Å². The Kier molecular flexibility index (Phi) is 11.3. The van der Waals surface area contributed by atoms with Crippen molar-refractivity contribution in [3.8, 4) is 0 Å². The summed E-state index contributed by atoms with van der Waals surface area (Å²) < 4.78 is 65.2. The van der Waals surface area contributed by atoms with E-state index in [9.17, 15) is 28.0 Å². The van der Waals surface area contributed by atoms with E-state index in [1.165, 1.54) is 4.90 Å². The number of amides is 2. The van der Waals surface area contributed by atoms with E-state index in [2.05, 4.69) is 0 Å². The molecule has 0 aliphatic carbocycles. The maximum absolute atomic E-state index is 15.1. The predicted molar refractivity (Wildman–Crippen MR) is 136 cm³/mol. The molecule has 2 aliphatic heterocycles. The van der Waals surface area contributed by atoms with E-state index in [-0.39, 0.29) is 70.8 Å². The van der Waals surface area contributed by atoms with Crippen LogP contribution in [0.3, 0.4) is 0 Å². The van der Waals surface area contributed by atoms with E-state index in [4.69, 9.17) is 14.3 Å². The van der Waals surface area contributed by atoms with Gasteiger partial charge in [-0.1, -0.05) is 7.43 Å². The van der Waals surface area contributed by atoms with E-state index < -0.39 is 59.9 Å². The molecule has 2 amide bonds. The van der Waals surface area contributed by atoms with Gasteiger partial charge >= 0.3 is 12.1 Å². The molecular formula is C26H35F4N3O7. The summed E-state index contributed by atoms with van der Waals surface area (Å²) in [6, 6.07) is 1.89. The number of cyclic esters (lactones) is 1. The molecule has 2 aliphatic rings. The molecule has 224 valence electrons. The first kappa shape index (κ1) is 32.8. The molecule has 3 rings (SSSR count). The fourth-order valence-corrected chi connectivity index (χ4v) is 4.10. The highest BCUT2D eigenvalue weighted by Gasteiger charge is 2.35. The highest BCUT2D eigenvalue weighted by Crippen LogP contribution is 2.32. The average Bonchev–Trinajstić information content (AvgIpc) is 3.04. The van der Waals surface area contributed by atoms with Crippen LogP contribution in [-0.4, -0.2) is 79.7 Å². The van der Waals surface area contributed by atoms with Crippen molar-refractivity contribution < 1.29 is 51.1 Å². The fourth-order valence-electron chi connectivity index (χ4n) is 4.10. The molecule has 2 heterocycles. The Balaban J connectivity index is 0.00000560. The van der Waals surface area contributed by atoms with E-state index >= 15 is 8.78 Å². The Hall–Kier alpha value is -3.42. The van der Waals surface area contributed by atoms with E-state index in [1.54, 1.807) is 20.8 Å². The van der Waals surface area contributed by atoms with Gasteiger partial charge in [0, 0.05) is 38.1 Å². The molecule has 14 heteroatoms. The van der Waals surface area contributed by atoms with Crippen LogP contribution >= 0.6 is 0 Å². The Morgan fingerprint density at radius 2 is 1.70 bits per heavy atom. The summed E-state index contributed by atoms with van der Waals surface area (Å²) in [6.45, 7) is 4.96. The third-order valence-electron chi connectivity index (χ3n) is 5.88. The topological polar surface area (TPSA) is 106 Å². The summed E-state index contributed by atoms with van der Waals surface area (Å²) in [6.07, 6.45) is -5.87. The number of ketones is 1. The standard InChI is InChI=1S/C25H31F4N3O7.CH4/c1-25(2,3)39-21(35)7-6-20(34)32-9-8-30(10-11-37-32)22-17(26)12-15(13-18(22)27)31-14-16(38-24(31)36)4-5-19(33)23(28)29;/h12-13,16,23H,4-11,14H2,1-3H3;1H4/t16-;/m0./s1. The van der Waals surface area contributed by atoms with E-state index in [1.807, 2.05) is 0 Å². The maximum Gasteiger partial charge on any atom is 0.414 e. The van der Waals surface area contributed by atoms with E-state index in [0.29, 0.717) is 0 Å². The van der Waals surface area contributed by atoms with Crippen LogP contribution in [-0.2, 0) is 28.7 Å². The molecule has 0 spiro atoms. The number of nitrogens with zero attached hydrogens (tertiary/aromatic N) is 3. The number of rotatable bonds is 9. The van der Waals surface area contributed by atoms with Crippen LogP contribution in [0.15, 0.2) is 12.1 Å². The third-order valence-corrected chi connectivity index (χ3v) is 5.88. The zero-order valence-electron chi connectivity index (χ0n) is 21.9. The van der Waals surface area contributed by atoms with Crippen LogP contribution in [0.2, 0.25) is 0 Å². The van der Waals surface area contributed by atoms with Crippen molar-refractivity contribution in [2.24, 2.45) is 0 Å². The minimum absolute atomic E-state index is 0. The molecular weight excluding hydrogens is 542 g/mol. The molecule has 2 saturated heterocycles. The lowest BCUT2D eigenvalue weighted by Gasteiger charge is -2.24. The van der Waals surface area contributed by atoms with Crippen LogP contribution in [0.1, 0.15) is 53.9 Å². The first-order valence-corrected chi connectivity index (χ1v) is 12.4. The van der Waals surface area contributed by atoms with Gasteiger partial charge in [-0.25, -0.2) is 27.4 Å². The summed E-state index contributed by atoms with van der Waals surface area (Å²) in [5.74, 6) is -4.24. The second-order valence-corrected chi connectivity index (χ2v) is 10.1. The zero-order valence-corrected chi connectivity index (χ0v) is 21.9. The van der Waals surface area contributed by atoms with Crippen molar-refractivity contribution >= 4 is 35.1 Å². The van der Waals surface area contributed by atoms with Crippen molar-refractivity contribution in [1.82, 2.24) is 5.06 Å². The van der Waals surface area contributed by atoms with Gasteiger partial charge in [-0.3, -0.25) is 24.1 Å². The average molecular weight is 578 g/mol. The third kappa shape index (κ3) is 8.80. The number of carbonyl (C=O) groups excluding carboxylic acids is 4. The molecule has 0 bridgehead atoms. The number of benzene rings is 1.